The van der Waals surface area contributed by atoms with E-state index in [9.17, 15) is 4.39 Å². The van der Waals surface area contributed by atoms with Crippen molar-refractivity contribution in [3.63, 3.8) is 0 Å². The molecular formula is C12H14FNO. The summed E-state index contributed by atoms with van der Waals surface area (Å²) in [6, 6.07) is 4.53. The number of hydrogen-bond donors (Lipinski definition) is 1. The van der Waals surface area contributed by atoms with Crippen molar-refractivity contribution in [3.05, 3.63) is 35.1 Å². The summed E-state index contributed by atoms with van der Waals surface area (Å²) in [5, 5.41) is 8.59. The molecule has 0 unspecified atom stereocenters. The lowest BCUT2D eigenvalue weighted by Crippen LogP contribution is -2.11. The van der Waals surface area contributed by atoms with Gasteiger partial charge in [-0.2, -0.15) is 0 Å². The standard InChI is InChI=1S/C12H14FNO/c1-14(2)9-11-5-6-12(13)8-10(11)4-3-7-15/h5-6,8,15H,7,9H2,1-2H3. The molecule has 0 aliphatic rings. The summed E-state index contributed by atoms with van der Waals surface area (Å²) >= 11 is 0. The summed E-state index contributed by atoms with van der Waals surface area (Å²) < 4.78 is 13.0. The van der Waals surface area contributed by atoms with Crippen LogP contribution in [0.25, 0.3) is 0 Å². The predicted octanol–water partition coefficient (Wildman–Crippen LogP) is 1.23. The Balaban J connectivity index is 3.03. The van der Waals surface area contributed by atoms with Crippen LogP contribution in [0.15, 0.2) is 18.2 Å². The molecule has 0 saturated carbocycles. The van der Waals surface area contributed by atoms with Gasteiger partial charge in [0.1, 0.15) is 12.4 Å². The first-order chi connectivity index (χ1) is 7.13. The van der Waals surface area contributed by atoms with Crippen molar-refractivity contribution in [2.75, 3.05) is 20.7 Å². The van der Waals surface area contributed by atoms with Crippen molar-refractivity contribution in [1.82, 2.24) is 4.90 Å². The second-order valence-corrected chi connectivity index (χ2v) is 3.50. The number of rotatable bonds is 2. The minimum atomic E-state index is -0.306. The van der Waals surface area contributed by atoms with Crippen LogP contribution in [-0.2, 0) is 6.54 Å². The molecule has 15 heavy (non-hydrogen) atoms. The highest BCUT2D eigenvalue weighted by molar-refractivity contribution is 5.41. The zero-order valence-electron chi connectivity index (χ0n) is 8.92. The third-order valence-electron chi connectivity index (χ3n) is 1.86. The minimum Gasteiger partial charge on any atom is -0.384 e. The van der Waals surface area contributed by atoms with Gasteiger partial charge in [0.15, 0.2) is 0 Å². The highest BCUT2D eigenvalue weighted by atomic mass is 19.1. The SMILES string of the molecule is CN(C)Cc1ccc(F)cc1C#CCO. The van der Waals surface area contributed by atoms with Gasteiger partial charge >= 0.3 is 0 Å². The molecule has 0 bridgehead atoms. The minimum absolute atomic E-state index is 0.210. The Bertz CT molecular complexity index is 390. The van der Waals surface area contributed by atoms with Crippen molar-refractivity contribution in [2.45, 2.75) is 6.54 Å². The van der Waals surface area contributed by atoms with Gasteiger partial charge in [-0.15, -0.1) is 0 Å². The monoisotopic (exact) mass is 207 g/mol. The van der Waals surface area contributed by atoms with E-state index in [1.807, 2.05) is 19.0 Å². The first-order valence-electron chi connectivity index (χ1n) is 4.66. The Hall–Kier alpha value is -1.37. The predicted molar refractivity (Wildman–Crippen MR) is 57.8 cm³/mol. The van der Waals surface area contributed by atoms with Crippen LogP contribution in [0.3, 0.4) is 0 Å². The van der Waals surface area contributed by atoms with E-state index in [2.05, 4.69) is 11.8 Å². The molecule has 2 nitrogen and oxygen atoms in total. The first kappa shape index (κ1) is 11.7. The van der Waals surface area contributed by atoms with Crippen LogP contribution in [0.4, 0.5) is 4.39 Å². The molecule has 0 aliphatic heterocycles. The molecule has 1 aromatic rings. The molecule has 0 aliphatic carbocycles. The maximum absolute atomic E-state index is 13.0. The summed E-state index contributed by atoms with van der Waals surface area (Å²) in [6.45, 7) is 0.494. The molecule has 0 atom stereocenters. The van der Waals surface area contributed by atoms with Crippen LogP contribution < -0.4 is 0 Å². The number of aliphatic hydroxyl groups excluding tert-OH is 1. The van der Waals surface area contributed by atoms with Crippen molar-refractivity contribution < 1.29 is 9.50 Å². The molecule has 3 heteroatoms. The van der Waals surface area contributed by atoms with Crippen LogP contribution in [-0.4, -0.2) is 30.7 Å². The van der Waals surface area contributed by atoms with Crippen LogP contribution in [0.2, 0.25) is 0 Å². The van der Waals surface area contributed by atoms with Gasteiger partial charge in [-0.1, -0.05) is 17.9 Å². The number of benzene rings is 1. The number of aliphatic hydroxyl groups is 1. The molecule has 0 amide bonds. The maximum atomic E-state index is 13.0. The van der Waals surface area contributed by atoms with Crippen molar-refractivity contribution in [3.8, 4) is 11.8 Å². The van der Waals surface area contributed by atoms with E-state index in [-0.39, 0.29) is 12.4 Å². The largest absolute Gasteiger partial charge is 0.384 e. The average molecular weight is 207 g/mol. The third-order valence-corrected chi connectivity index (χ3v) is 1.86. The van der Waals surface area contributed by atoms with Gasteiger partial charge in [-0.25, -0.2) is 4.39 Å². The Labute approximate surface area is 89.3 Å². The molecule has 1 rings (SSSR count). The van der Waals surface area contributed by atoms with Gasteiger partial charge in [0, 0.05) is 12.1 Å². The molecule has 80 valence electrons. The fraction of sp³-hybridized carbons (Fsp3) is 0.333. The highest BCUT2D eigenvalue weighted by Crippen LogP contribution is 2.11. The third kappa shape index (κ3) is 3.70. The summed E-state index contributed by atoms with van der Waals surface area (Å²) in [6.07, 6.45) is 0. The van der Waals surface area contributed by atoms with Crippen LogP contribution in [0.1, 0.15) is 11.1 Å². The first-order valence-corrected chi connectivity index (χ1v) is 4.66. The van der Waals surface area contributed by atoms with Gasteiger partial charge in [-0.05, 0) is 31.8 Å². The molecule has 0 saturated heterocycles. The fourth-order valence-corrected chi connectivity index (χ4v) is 1.28. The number of nitrogens with zero attached hydrogens (tertiary/aromatic N) is 1. The lowest BCUT2D eigenvalue weighted by atomic mass is 10.1. The Morgan fingerprint density at radius 3 is 2.73 bits per heavy atom. The van der Waals surface area contributed by atoms with Crippen LogP contribution in [0.5, 0.6) is 0 Å². The number of hydrogen-bond acceptors (Lipinski definition) is 2. The highest BCUT2D eigenvalue weighted by Gasteiger charge is 2.02. The Kier molecular flexibility index (Phi) is 4.29. The van der Waals surface area contributed by atoms with Crippen molar-refractivity contribution in [2.24, 2.45) is 0 Å². The van der Waals surface area contributed by atoms with Gasteiger partial charge < -0.3 is 10.0 Å². The molecule has 1 aromatic carbocycles. The molecule has 0 heterocycles. The summed E-state index contributed by atoms with van der Waals surface area (Å²) in [7, 11) is 3.87. The molecule has 0 aromatic heterocycles. The normalized spacial score (nSPS) is 9.93. The van der Waals surface area contributed by atoms with E-state index in [1.54, 1.807) is 6.07 Å². The smallest absolute Gasteiger partial charge is 0.124 e. The quantitative estimate of drug-likeness (QED) is 0.737. The summed E-state index contributed by atoms with van der Waals surface area (Å²) in [4.78, 5) is 1.98. The van der Waals surface area contributed by atoms with E-state index in [4.69, 9.17) is 5.11 Å². The Morgan fingerprint density at radius 1 is 1.40 bits per heavy atom. The van der Waals surface area contributed by atoms with Gasteiger partial charge in [-0.3, -0.25) is 0 Å². The average Bonchev–Trinajstić information content (AvgIpc) is 2.18. The topological polar surface area (TPSA) is 23.5 Å². The lowest BCUT2D eigenvalue weighted by Gasteiger charge is -2.11. The molecular weight excluding hydrogens is 193 g/mol. The maximum Gasteiger partial charge on any atom is 0.124 e. The second kappa shape index (κ2) is 5.50. The van der Waals surface area contributed by atoms with E-state index < -0.39 is 0 Å². The van der Waals surface area contributed by atoms with Crippen LogP contribution >= 0.6 is 0 Å². The molecule has 0 fully saturated rings. The zero-order chi connectivity index (χ0) is 11.3. The Morgan fingerprint density at radius 2 is 2.13 bits per heavy atom. The van der Waals surface area contributed by atoms with Crippen molar-refractivity contribution >= 4 is 0 Å². The van der Waals surface area contributed by atoms with E-state index in [0.717, 1.165) is 5.56 Å². The van der Waals surface area contributed by atoms with E-state index in [0.29, 0.717) is 12.1 Å². The van der Waals surface area contributed by atoms with Gasteiger partial charge in [0.2, 0.25) is 0 Å². The summed E-state index contributed by atoms with van der Waals surface area (Å²) in [5.74, 6) is 4.96. The molecule has 1 N–H and O–H groups in total. The lowest BCUT2D eigenvalue weighted by molar-refractivity contribution is 0.350. The fourth-order valence-electron chi connectivity index (χ4n) is 1.28. The molecule has 0 spiro atoms. The van der Waals surface area contributed by atoms with Crippen molar-refractivity contribution in [1.29, 1.82) is 0 Å². The van der Waals surface area contributed by atoms with Gasteiger partial charge in [0.05, 0.1) is 0 Å². The van der Waals surface area contributed by atoms with Gasteiger partial charge in [0.25, 0.3) is 0 Å². The summed E-state index contributed by atoms with van der Waals surface area (Å²) in [5.41, 5.74) is 1.60. The number of halogens is 1. The van der Waals surface area contributed by atoms with E-state index in [1.165, 1.54) is 12.1 Å². The van der Waals surface area contributed by atoms with E-state index >= 15 is 0 Å². The van der Waals surface area contributed by atoms with Crippen LogP contribution in [0, 0.1) is 17.7 Å². The second-order valence-electron chi connectivity index (χ2n) is 3.50. The molecule has 0 radical (unpaired) electrons. The zero-order valence-corrected chi connectivity index (χ0v) is 8.92.